The smallest absolute Gasteiger partial charge is 0.0836 e. The number of rotatable bonds is 1. The third kappa shape index (κ3) is 3.74. The van der Waals surface area contributed by atoms with Crippen LogP contribution in [0.4, 0.5) is 0 Å². The molecule has 0 spiro atoms. The standard InChI is InChI=1S/C9H11NO.C2H6/c1-7-3-5-9(6-4-7)8(2)10-11;1-2/h3-6,11H,1-2H3;1-2H3/b10-8+;. The molecule has 13 heavy (non-hydrogen) atoms. The van der Waals surface area contributed by atoms with Crippen LogP contribution in [0.25, 0.3) is 0 Å². The van der Waals surface area contributed by atoms with Crippen LogP contribution in [0.2, 0.25) is 0 Å². The van der Waals surface area contributed by atoms with Gasteiger partial charge in [-0.25, -0.2) is 0 Å². The molecule has 0 atom stereocenters. The molecule has 0 aliphatic heterocycles. The van der Waals surface area contributed by atoms with Crippen LogP contribution in [-0.2, 0) is 0 Å². The summed E-state index contributed by atoms with van der Waals surface area (Å²) < 4.78 is 0. The molecule has 0 amide bonds. The third-order valence-electron chi connectivity index (χ3n) is 1.62. The van der Waals surface area contributed by atoms with Crippen LogP contribution >= 0.6 is 0 Å². The molecule has 1 aromatic rings. The highest BCUT2D eigenvalue weighted by molar-refractivity contribution is 5.98. The van der Waals surface area contributed by atoms with Crippen LogP contribution in [0.3, 0.4) is 0 Å². The maximum absolute atomic E-state index is 8.45. The summed E-state index contributed by atoms with van der Waals surface area (Å²) >= 11 is 0. The molecule has 72 valence electrons. The van der Waals surface area contributed by atoms with Crippen molar-refractivity contribution in [3.63, 3.8) is 0 Å². The summed E-state index contributed by atoms with van der Waals surface area (Å²) in [5.74, 6) is 0. The monoisotopic (exact) mass is 179 g/mol. The van der Waals surface area contributed by atoms with Crippen LogP contribution in [-0.4, -0.2) is 10.9 Å². The average molecular weight is 179 g/mol. The van der Waals surface area contributed by atoms with Crippen LogP contribution in [0, 0.1) is 6.92 Å². The second-order valence-corrected chi connectivity index (χ2v) is 2.55. The first-order valence-corrected chi connectivity index (χ1v) is 4.49. The predicted octanol–water partition coefficient (Wildman–Crippen LogP) is 3.22. The summed E-state index contributed by atoms with van der Waals surface area (Å²) in [5, 5.41) is 11.6. The molecule has 0 aliphatic rings. The van der Waals surface area contributed by atoms with Gasteiger partial charge in [-0.1, -0.05) is 48.8 Å². The number of aryl methyl sites for hydroxylation is 1. The van der Waals surface area contributed by atoms with Gasteiger partial charge in [0.2, 0.25) is 0 Å². The maximum atomic E-state index is 8.45. The summed E-state index contributed by atoms with van der Waals surface area (Å²) in [6.45, 7) is 7.79. The fourth-order valence-corrected chi connectivity index (χ4v) is 0.852. The van der Waals surface area contributed by atoms with Crippen molar-refractivity contribution in [3.8, 4) is 0 Å². The van der Waals surface area contributed by atoms with E-state index in [0.29, 0.717) is 5.71 Å². The van der Waals surface area contributed by atoms with Gasteiger partial charge in [-0.2, -0.15) is 0 Å². The zero-order valence-corrected chi connectivity index (χ0v) is 8.70. The van der Waals surface area contributed by atoms with E-state index in [-0.39, 0.29) is 0 Å². The Hall–Kier alpha value is -1.31. The molecule has 0 aliphatic carbocycles. The second-order valence-electron chi connectivity index (χ2n) is 2.55. The normalized spacial score (nSPS) is 10.3. The molecule has 1 rings (SSSR count). The minimum absolute atomic E-state index is 0.644. The zero-order valence-electron chi connectivity index (χ0n) is 8.70. The van der Waals surface area contributed by atoms with Gasteiger partial charge in [0.05, 0.1) is 5.71 Å². The van der Waals surface area contributed by atoms with Gasteiger partial charge in [0.1, 0.15) is 0 Å². The number of hydrogen-bond acceptors (Lipinski definition) is 2. The van der Waals surface area contributed by atoms with Gasteiger partial charge in [-0.05, 0) is 19.4 Å². The number of oxime groups is 1. The lowest BCUT2D eigenvalue weighted by Crippen LogP contribution is -1.93. The Morgan fingerprint density at radius 2 is 1.62 bits per heavy atom. The highest BCUT2D eigenvalue weighted by Crippen LogP contribution is 2.03. The second kappa shape index (κ2) is 6.23. The van der Waals surface area contributed by atoms with E-state index in [1.807, 2.05) is 45.0 Å². The van der Waals surface area contributed by atoms with Gasteiger partial charge < -0.3 is 5.21 Å². The van der Waals surface area contributed by atoms with E-state index >= 15 is 0 Å². The highest BCUT2D eigenvalue weighted by atomic mass is 16.4. The Bertz CT molecular complexity index is 262. The number of hydrogen-bond donors (Lipinski definition) is 1. The largest absolute Gasteiger partial charge is 0.411 e. The molecule has 0 radical (unpaired) electrons. The topological polar surface area (TPSA) is 32.6 Å². The molecule has 0 saturated carbocycles. The van der Waals surface area contributed by atoms with Crippen LogP contribution in [0.5, 0.6) is 0 Å². The van der Waals surface area contributed by atoms with Crippen molar-refractivity contribution in [1.82, 2.24) is 0 Å². The van der Waals surface area contributed by atoms with Crippen LogP contribution < -0.4 is 0 Å². The summed E-state index contributed by atoms with van der Waals surface area (Å²) in [4.78, 5) is 0. The van der Waals surface area contributed by atoms with Crippen molar-refractivity contribution in [2.75, 3.05) is 0 Å². The van der Waals surface area contributed by atoms with E-state index in [0.717, 1.165) is 5.56 Å². The first-order valence-electron chi connectivity index (χ1n) is 4.49. The van der Waals surface area contributed by atoms with Gasteiger partial charge in [0, 0.05) is 0 Å². The van der Waals surface area contributed by atoms with Crippen molar-refractivity contribution in [3.05, 3.63) is 35.4 Å². The molecule has 0 aromatic heterocycles. The lowest BCUT2D eigenvalue weighted by molar-refractivity contribution is 0.319. The average Bonchev–Trinajstić information content (AvgIpc) is 2.21. The molecule has 0 heterocycles. The zero-order chi connectivity index (χ0) is 10.3. The molecular weight excluding hydrogens is 162 g/mol. The quantitative estimate of drug-likeness (QED) is 0.400. The van der Waals surface area contributed by atoms with E-state index in [9.17, 15) is 0 Å². The van der Waals surface area contributed by atoms with Gasteiger partial charge in [-0.3, -0.25) is 0 Å². The third-order valence-corrected chi connectivity index (χ3v) is 1.62. The molecule has 1 N–H and O–H groups in total. The summed E-state index contributed by atoms with van der Waals surface area (Å²) in [7, 11) is 0. The first kappa shape index (κ1) is 11.7. The lowest BCUT2D eigenvalue weighted by Gasteiger charge is -1.97. The summed E-state index contributed by atoms with van der Waals surface area (Å²) in [5.41, 5.74) is 2.81. The first-order chi connectivity index (χ1) is 6.24. The van der Waals surface area contributed by atoms with Gasteiger partial charge in [-0.15, -0.1) is 0 Å². The van der Waals surface area contributed by atoms with E-state index in [2.05, 4.69) is 5.16 Å². The van der Waals surface area contributed by atoms with Crippen LogP contribution in [0.15, 0.2) is 29.4 Å². The van der Waals surface area contributed by atoms with Gasteiger partial charge >= 0.3 is 0 Å². The fourth-order valence-electron chi connectivity index (χ4n) is 0.852. The van der Waals surface area contributed by atoms with Gasteiger partial charge in [0.15, 0.2) is 0 Å². The fraction of sp³-hybridized carbons (Fsp3) is 0.364. The molecule has 0 saturated heterocycles. The lowest BCUT2D eigenvalue weighted by atomic mass is 10.1. The van der Waals surface area contributed by atoms with Crippen molar-refractivity contribution < 1.29 is 5.21 Å². The van der Waals surface area contributed by atoms with E-state index in [1.54, 1.807) is 6.92 Å². The minimum atomic E-state index is 0.644. The number of nitrogens with zero attached hydrogens (tertiary/aromatic N) is 1. The molecule has 2 nitrogen and oxygen atoms in total. The van der Waals surface area contributed by atoms with E-state index < -0.39 is 0 Å². The highest BCUT2D eigenvalue weighted by Gasteiger charge is 1.94. The molecule has 1 aromatic carbocycles. The van der Waals surface area contributed by atoms with Gasteiger partial charge in [0.25, 0.3) is 0 Å². The van der Waals surface area contributed by atoms with E-state index in [4.69, 9.17) is 5.21 Å². The maximum Gasteiger partial charge on any atom is 0.0836 e. The van der Waals surface area contributed by atoms with Crippen molar-refractivity contribution in [2.45, 2.75) is 27.7 Å². The Balaban J connectivity index is 0.000000671. The van der Waals surface area contributed by atoms with Crippen molar-refractivity contribution in [2.24, 2.45) is 5.16 Å². The van der Waals surface area contributed by atoms with Crippen molar-refractivity contribution >= 4 is 5.71 Å². The molecule has 0 fully saturated rings. The van der Waals surface area contributed by atoms with E-state index in [1.165, 1.54) is 5.56 Å². The molecule has 0 bridgehead atoms. The summed E-state index contributed by atoms with van der Waals surface area (Å²) in [6.07, 6.45) is 0. The van der Waals surface area contributed by atoms with Crippen molar-refractivity contribution in [1.29, 1.82) is 0 Å². The molecule has 0 unspecified atom stereocenters. The molecule has 2 heteroatoms. The van der Waals surface area contributed by atoms with Crippen LogP contribution in [0.1, 0.15) is 31.9 Å². The minimum Gasteiger partial charge on any atom is -0.411 e. The Kier molecular flexibility index (Phi) is 5.60. The summed E-state index contributed by atoms with van der Waals surface area (Å²) in [6, 6.07) is 7.85. The Morgan fingerprint density at radius 3 is 2.00 bits per heavy atom. The Morgan fingerprint density at radius 1 is 1.15 bits per heavy atom. The SMILES string of the molecule is C/C(=N\O)c1ccc(C)cc1.CC. The number of benzene rings is 1. The molecular formula is C11H17NO. The predicted molar refractivity (Wildman–Crippen MR) is 56.5 cm³/mol. The Labute approximate surface area is 79.9 Å².